The molecule has 0 aromatic carbocycles. The SMILES string of the molecule is CC1(NCc2ccns2)CCOCC1. The van der Waals surface area contributed by atoms with Gasteiger partial charge in [0.1, 0.15) is 0 Å². The zero-order valence-corrected chi connectivity index (χ0v) is 9.27. The summed E-state index contributed by atoms with van der Waals surface area (Å²) in [5, 5.41) is 3.59. The van der Waals surface area contributed by atoms with Crippen molar-refractivity contribution in [3.05, 3.63) is 17.1 Å². The second-order valence-corrected chi connectivity index (χ2v) is 4.92. The lowest BCUT2D eigenvalue weighted by atomic mass is 9.92. The third-order valence-corrected chi connectivity index (χ3v) is 3.52. The van der Waals surface area contributed by atoms with Crippen LogP contribution in [0.2, 0.25) is 0 Å². The second-order valence-electron chi connectivity index (χ2n) is 4.01. The first-order valence-electron chi connectivity index (χ1n) is 5.01. The van der Waals surface area contributed by atoms with E-state index in [1.54, 1.807) is 11.5 Å². The minimum absolute atomic E-state index is 0.252. The number of rotatable bonds is 3. The highest BCUT2D eigenvalue weighted by molar-refractivity contribution is 7.05. The van der Waals surface area contributed by atoms with Crippen LogP contribution in [0.5, 0.6) is 0 Å². The molecule has 78 valence electrons. The first-order valence-corrected chi connectivity index (χ1v) is 5.78. The fourth-order valence-electron chi connectivity index (χ4n) is 1.63. The number of nitrogens with zero attached hydrogens (tertiary/aromatic N) is 1. The van der Waals surface area contributed by atoms with Gasteiger partial charge in [0, 0.05) is 36.4 Å². The van der Waals surface area contributed by atoms with Crippen molar-refractivity contribution in [2.45, 2.75) is 31.8 Å². The Morgan fingerprint density at radius 2 is 2.36 bits per heavy atom. The van der Waals surface area contributed by atoms with Gasteiger partial charge >= 0.3 is 0 Å². The van der Waals surface area contributed by atoms with Gasteiger partial charge in [0.2, 0.25) is 0 Å². The Morgan fingerprint density at radius 1 is 1.57 bits per heavy atom. The van der Waals surface area contributed by atoms with Crippen LogP contribution in [0, 0.1) is 0 Å². The highest BCUT2D eigenvalue weighted by Gasteiger charge is 2.26. The summed E-state index contributed by atoms with van der Waals surface area (Å²) in [7, 11) is 0. The lowest BCUT2D eigenvalue weighted by Crippen LogP contribution is -2.46. The molecule has 1 N–H and O–H groups in total. The standard InChI is InChI=1S/C10H16N2OS/c1-10(3-6-13-7-4-10)11-8-9-2-5-12-14-9/h2,5,11H,3-4,6-8H2,1H3. The summed E-state index contributed by atoms with van der Waals surface area (Å²) in [6, 6.07) is 2.07. The lowest BCUT2D eigenvalue weighted by molar-refractivity contribution is 0.0447. The molecule has 0 radical (unpaired) electrons. The Hall–Kier alpha value is -0.450. The highest BCUT2D eigenvalue weighted by atomic mass is 32.1. The Kier molecular flexibility index (Phi) is 3.15. The zero-order chi connectivity index (χ0) is 9.86. The van der Waals surface area contributed by atoms with E-state index in [2.05, 4.69) is 22.7 Å². The molecule has 0 saturated carbocycles. The summed E-state index contributed by atoms with van der Waals surface area (Å²) in [4.78, 5) is 1.30. The van der Waals surface area contributed by atoms with Crippen molar-refractivity contribution in [2.75, 3.05) is 13.2 Å². The molecule has 4 heteroatoms. The van der Waals surface area contributed by atoms with Gasteiger partial charge in [-0.05, 0) is 37.4 Å². The first-order chi connectivity index (χ1) is 6.79. The first kappa shape index (κ1) is 10.1. The summed E-state index contributed by atoms with van der Waals surface area (Å²) in [6.45, 7) is 4.97. The summed E-state index contributed by atoms with van der Waals surface area (Å²) in [5.74, 6) is 0. The van der Waals surface area contributed by atoms with Crippen molar-refractivity contribution in [3.8, 4) is 0 Å². The maximum atomic E-state index is 5.35. The number of ether oxygens (including phenoxy) is 1. The molecular formula is C10H16N2OS. The number of hydrogen-bond acceptors (Lipinski definition) is 4. The third kappa shape index (κ3) is 2.53. The molecular weight excluding hydrogens is 196 g/mol. The second kappa shape index (κ2) is 4.38. The van der Waals surface area contributed by atoms with E-state index in [9.17, 15) is 0 Å². The van der Waals surface area contributed by atoms with Gasteiger partial charge in [0.15, 0.2) is 0 Å². The molecule has 2 rings (SSSR count). The number of hydrogen-bond donors (Lipinski definition) is 1. The van der Waals surface area contributed by atoms with Crippen LogP contribution >= 0.6 is 11.5 Å². The van der Waals surface area contributed by atoms with Gasteiger partial charge in [-0.25, -0.2) is 4.37 Å². The van der Waals surface area contributed by atoms with E-state index in [0.717, 1.165) is 32.6 Å². The van der Waals surface area contributed by atoms with Crippen molar-refractivity contribution in [1.29, 1.82) is 0 Å². The zero-order valence-electron chi connectivity index (χ0n) is 8.45. The molecule has 0 unspecified atom stereocenters. The predicted octanol–water partition coefficient (Wildman–Crippen LogP) is 1.80. The molecule has 1 aromatic heterocycles. The van der Waals surface area contributed by atoms with Gasteiger partial charge in [-0.1, -0.05) is 0 Å². The molecule has 0 aliphatic carbocycles. The van der Waals surface area contributed by atoms with Crippen LogP contribution in [0.3, 0.4) is 0 Å². The molecule has 0 bridgehead atoms. The number of nitrogens with one attached hydrogen (secondary N) is 1. The van der Waals surface area contributed by atoms with Crippen molar-refractivity contribution in [3.63, 3.8) is 0 Å². The molecule has 2 heterocycles. The minimum atomic E-state index is 0.252. The molecule has 1 fully saturated rings. The largest absolute Gasteiger partial charge is 0.381 e. The average molecular weight is 212 g/mol. The normalized spacial score (nSPS) is 20.9. The molecule has 1 saturated heterocycles. The monoisotopic (exact) mass is 212 g/mol. The van der Waals surface area contributed by atoms with Crippen LogP contribution in [-0.2, 0) is 11.3 Å². The van der Waals surface area contributed by atoms with Crippen molar-refractivity contribution >= 4 is 11.5 Å². The fraction of sp³-hybridized carbons (Fsp3) is 0.700. The van der Waals surface area contributed by atoms with E-state index in [4.69, 9.17) is 4.74 Å². The Labute approximate surface area is 88.6 Å². The van der Waals surface area contributed by atoms with Gasteiger partial charge in [0.05, 0.1) is 0 Å². The van der Waals surface area contributed by atoms with Crippen LogP contribution in [0.4, 0.5) is 0 Å². The van der Waals surface area contributed by atoms with E-state index in [0.29, 0.717) is 0 Å². The maximum absolute atomic E-state index is 5.35. The maximum Gasteiger partial charge on any atom is 0.0483 e. The molecule has 1 aliphatic heterocycles. The smallest absolute Gasteiger partial charge is 0.0483 e. The summed E-state index contributed by atoms with van der Waals surface area (Å²) in [5.41, 5.74) is 0.252. The quantitative estimate of drug-likeness (QED) is 0.829. The van der Waals surface area contributed by atoms with Gasteiger partial charge < -0.3 is 10.1 Å². The molecule has 1 aliphatic rings. The van der Waals surface area contributed by atoms with Crippen LogP contribution in [0.1, 0.15) is 24.6 Å². The molecule has 3 nitrogen and oxygen atoms in total. The summed E-state index contributed by atoms with van der Waals surface area (Å²) in [6.07, 6.45) is 4.06. The van der Waals surface area contributed by atoms with E-state index in [1.807, 2.05) is 6.20 Å². The van der Waals surface area contributed by atoms with Crippen LogP contribution in [-0.4, -0.2) is 23.1 Å². The van der Waals surface area contributed by atoms with Gasteiger partial charge in [-0.2, -0.15) is 0 Å². The summed E-state index contributed by atoms with van der Waals surface area (Å²) < 4.78 is 9.44. The van der Waals surface area contributed by atoms with Crippen LogP contribution in [0.25, 0.3) is 0 Å². The predicted molar refractivity (Wildman–Crippen MR) is 57.4 cm³/mol. The average Bonchev–Trinajstić information content (AvgIpc) is 2.69. The molecule has 0 spiro atoms. The van der Waals surface area contributed by atoms with Gasteiger partial charge in [-0.15, -0.1) is 0 Å². The van der Waals surface area contributed by atoms with E-state index < -0.39 is 0 Å². The fourth-order valence-corrected chi connectivity index (χ4v) is 2.15. The van der Waals surface area contributed by atoms with Crippen LogP contribution < -0.4 is 5.32 Å². The number of aromatic nitrogens is 1. The molecule has 0 amide bonds. The van der Waals surface area contributed by atoms with Crippen LogP contribution in [0.15, 0.2) is 12.3 Å². The highest BCUT2D eigenvalue weighted by Crippen LogP contribution is 2.20. The van der Waals surface area contributed by atoms with E-state index in [-0.39, 0.29) is 5.54 Å². The molecule has 1 aromatic rings. The topological polar surface area (TPSA) is 34.2 Å². The Balaban J connectivity index is 1.84. The van der Waals surface area contributed by atoms with Gasteiger partial charge in [0.25, 0.3) is 0 Å². The van der Waals surface area contributed by atoms with Crippen molar-refractivity contribution in [1.82, 2.24) is 9.69 Å². The summed E-state index contributed by atoms with van der Waals surface area (Å²) >= 11 is 1.57. The molecule has 14 heavy (non-hydrogen) atoms. The van der Waals surface area contributed by atoms with E-state index >= 15 is 0 Å². The lowest BCUT2D eigenvalue weighted by Gasteiger charge is -2.34. The van der Waals surface area contributed by atoms with E-state index in [1.165, 1.54) is 4.88 Å². The Morgan fingerprint density at radius 3 is 3.00 bits per heavy atom. The van der Waals surface area contributed by atoms with Crippen molar-refractivity contribution in [2.24, 2.45) is 0 Å². The van der Waals surface area contributed by atoms with Crippen molar-refractivity contribution < 1.29 is 4.74 Å². The Bertz CT molecular complexity index is 268. The minimum Gasteiger partial charge on any atom is -0.381 e. The molecule has 0 atom stereocenters. The third-order valence-electron chi connectivity index (χ3n) is 2.78. The van der Waals surface area contributed by atoms with Gasteiger partial charge in [-0.3, -0.25) is 0 Å².